The van der Waals surface area contributed by atoms with Crippen LogP contribution in [0.3, 0.4) is 0 Å². The lowest BCUT2D eigenvalue weighted by Gasteiger charge is -2.27. The van der Waals surface area contributed by atoms with E-state index in [0.29, 0.717) is 33.9 Å². The molecule has 13 rings (SSSR count). The molecule has 0 aliphatic carbocycles. The topological polar surface area (TPSA) is 67.3 Å². The molecule has 9 aromatic carbocycles. The van der Waals surface area contributed by atoms with Crippen molar-refractivity contribution in [3.05, 3.63) is 203 Å². The van der Waals surface area contributed by atoms with E-state index in [1.165, 1.54) is 0 Å². The van der Waals surface area contributed by atoms with Crippen molar-refractivity contribution in [2.45, 2.75) is 27.7 Å². The molecule has 6 heteroatoms. The largest absolute Gasteiger partial charge is 0.306 e. The van der Waals surface area contributed by atoms with Gasteiger partial charge in [0.25, 0.3) is 0 Å². The monoisotopic (exact) mass is 844 g/mol. The highest BCUT2D eigenvalue weighted by Gasteiger charge is 2.34. The molecule has 66 heavy (non-hydrogen) atoms. The van der Waals surface area contributed by atoms with Crippen LogP contribution in [0, 0.1) is 50.4 Å². The third-order valence-corrected chi connectivity index (χ3v) is 13.8. The molecule has 4 aromatic heterocycles. The Kier molecular flexibility index (Phi) is 7.90. The van der Waals surface area contributed by atoms with Crippen LogP contribution < -0.4 is 0 Å². The van der Waals surface area contributed by atoms with Crippen LogP contribution in [0.1, 0.15) is 33.4 Å². The second kappa shape index (κ2) is 13.8. The number of aryl methyl sites for hydroxylation is 4. The van der Waals surface area contributed by atoms with Gasteiger partial charge in [-0.3, -0.25) is 0 Å². The van der Waals surface area contributed by atoms with Crippen LogP contribution in [-0.2, 0) is 0 Å². The number of hydrogen-bond acceptors (Lipinski definition) is 2. The zero-order valence-electron chi connectivity index (χ0n) is 36.8. The lowest BCUT2D eigenvalue weighted by atomic mass is 9.98. The molecule has 13 aromatic rings. The minimum absolute atomic E-state index is 0.446. The molecular formula is C60H40N6. The first kappa shape index (κ1) is 37.7. The van der Waals surface area contributed by atoms with E-state index in [9.17, 15) is 10.5 Å². The van der Waals surface area contributed by atoms with Gasteiger partial charge in [-0.2, -0.15) is 10.5 Å². The molecule has 0 radical (unpaired) electrons. The summed E-state index contributed by atoms with van der Waals surface area (Å²) in [6, 6.07) is 65.8. The van der Waals surface area contributed by atoms with Crippen LogP contribution in [0.25, 0.3) is 110 Å². The molecule has 4 heterocycles. The first-order valence-corrected chi connectivity index (χ1v) is 22.4. The maximum absolute atomic E-state index is 12.4. The molecular weight excluding hydrogens is 805 g/mol. The first-order chi connectivity index (χ1) is 32.3. The Bertz CT molecular complexity index is 3810. The predicted molar refractivity (Wildman–Crippen MR) is 272 cm³/mol. The zero-order valence-corrected chi connectivity index (χ0v) is 36.8. The van der Waals surface area contributed by atoms with E-state index in [1.54, 1.807) is 0 Å². The average Bonchev–Trinajstić information content (AvgIpc) is 4.05. The van der Waals surface area contributed by atoms with E-state index in [-0.39, 0.29) is 0 Å². The Morgan fingerprint density at radius 3 is 0.712 bits per heavy atom. The SMILES string of the molecule is Cc1ccc2c(c1)c1ccccc1n2-c1c(C#N)c(-n2c3ccccc3c3cc(C)ccc32)c(-n2c3ccccc3c3cc(C)ccc32)c(C#N)c1-n1c2ccccc2c2cc(C)ccc21. The Morgan fingerprint density at radius 1 is 0.273 bits per heavy atom. The van der Waals surface area contributed by atoms with Crippen molar-refractivity contribution in [3.8, 4) is 34.9 Å². The summed E-state index contributed by atoms with van der Waals surface area (Å²) in [4.78, 5) is 0. The summed E-state index contributed by atoms with van der Waals surface area (Å²) >= 11 is 0. The van der Waals surface area contributed by atoms with Crippen LogP contribution in [-0.4, -0.2) is 18.3 Å². The number of para-hydroxylation sites is 4. The lowest BCUT2D eigenvalue weighted by molar-refractivity contribution is 1.02. The second-order valence-corrected chi connectivity index (χ2v) is 17.9. The number of fused-ring (bicyclic) bond motifs is 12. The third-order valence-electron chi connectivity index (χ3n) is 13.8. The van der Waals surface area contributed by atoms with E-state index in [2.05, 4.69) is 228 Å². The van der Waals surface area contributed by atoms with Crippen molar-refractivity contribution in [3.63, 3.8) is 0 Å². The number of hydrogen-bond donors (Lipinski definition) is 0. The Morgan fingerprint density at radius 2 is 0.485 bits per heavy atom. The molecule has 0 saturated carbocycles. The molecule has 0 fully saturated rings. The minimum Gasteiger partial charge on any atom is -0.306 e. The van der Waals surface area contributed by atoms with Gasteiger partial charge >= 0.3 is 0 Å². The van der Waals surface area contributed by atoms with Crippen molar-refractivity contribution < 1.29 is 0 Å². The fraction of sp³-hybridized carbons (Fsp3) is 0.0667. The van der Waals surface area contributed by atoms with Crippen molar-refractivity contribution >= 4 is 87.2 Å². The molecule has 0 amide bonds. The van der Waals surface area contributed by atoms with E-state index >= 15 is 0 Å². The number of aromatic nitrogens is 4. The van der Waals surface area contributed by atoms with Gasteiger partial charge in [0.1, 0.15) is 23.3 Å². The first-order valence-electron chi connectivity index (χ1n) is 22.4. The van der Waals surface area contributed by atoms with Gasteiger partial charge in [-0.1, -0.05) is 119 Å². The van der Waals surface area contributed by atoms with Gasteiger partial charge in [-0.25, -0.2) is 0 Å². The summed E-state index contributed by atoms with van der Waals surface area (Å²) in [5, 5.41) is 33.4. The second-order valence-electron chi connectivity index (χ2n) is 17.9. The zero-order chi connectivity index (χ0) is 44.5. The molecule has 0 atom stereocenters. The van der Waals surface area contributed by atoms with Crippen LogP contribution >= 0.6 is 0 Å². The Labute approximate surface area is 380 Å². The summed E-state index contributed by atoms with van der Waals surface area (Å²) in [7, 11) is 0. The quantitative estimate of drug-likeness (QED) is 0.177. The van der Waals surface area contributed by atoms with E-state index in [0.717, 1.165) is 109 Å². The van der Waals surface area contributed by atoms with E-state index in [4.69, 9.17) is 0 Å². The molecule has 0 spiro atoms. The standard InChI is InChI=1S/C60H40N6/c1-35-21-25-53-43(29-35)39-13-5-9-17-49(39)63(53)57-47(33-61)59(65-51-19-11-7-15-41(51)45-31-37(3)23-27-55(45)65)60(66-52-20-12-8-16-42(52)46-32-38(4)24-28-56(46)66)48(34-62)58(57)64-50-18-10-6-14-40(50)44-30-36(2)22-26-54(44)64/h5-32H,1-4H3. The van der Waals surface area contributed by atoms with Crippen LogP contribution in [0.2, 0.25) is 0 Å². The normalized spacial score (nSPS) is 11.9. The van der Waals surface area contributed by atoms with Gasteiger partial charge in [-0.15, -0.1) is 0 Å². The molecule has 0 N–H and O–H groups in total. The van der Waals surface area contributed by atoms with Crippen LogP contribution in [0.5, 0.6) is 0 Å². The summed E-state index contributed by atoms with van der Waals surface area (Å²) < 4.78 is 9.03. The van der Waals surface area contributed by atoms with Gasteiger partial charge in [-0.05, 0) is 100 Å². The number of nitrogens with zero attached hydrogens (tertiary/aromatic N) is 6. The molecule has 0 aliphatic heterocycles. The summed E-state index contributed by atoms with van der Waals surface area (Å²) in [5.41, 5.74) is 15.6. The van der Waals surface area contributed by atoms with E-state index < -0.39 is 0 Å². The average molecular weight is 845 g/mol. The molecule has 6 nitrogen and oxygen atoms in total. The van der Waals surface area contributed by atoms with Gasteiger partial charge in [0, 0.05) is 43.1 Å². The van der Waals surface area contributed by atoms with Gasteiger partial charge < -0.3 is 18.3 Å². The highest BCUT2D eigenvalue weighted by Crippen LogP contribution is 2.49. The predicted octanol–water partition coefficient (Wildman–Crippen LogP) is 15.1. The number of nitriles is 2. The van der Waals surface area contributed by atoms with Crippen molar-refractivity contribution in [2.75, 3.05) is 0 Å². The summed E-state index contributed by atoms with van der Waals surface area (Å²) in [5.74, 6) is 0. The molecule has 0 bridgehead atoms. The molecule has 310 valence electrons. The molecule has 0 aliphatic rings. The Balaban J connectivity index is 1.38. The maximum atomic E-state index is 12.4. The maximum Gasteiger partial charge on any atom is 0.104 e. The van der Waals surface area contributed by atoms with Crippen LogP contribution in [0.4, 0.5) is 0 Å². The highest BCUT2D eigenvalue weighted by molar-refractivity contribution is 6.16. The van der Waals surface area contributed by atoms with Gasteiger partial charge in [0.05, 0.1) is 66.9 Å². The number of rotatable bonds is 4. The fourth-order valence-electron chi connectivity index (χ4n) is 11.1. The molecule has 0 unspecified atom stereocenters. The van der Waals surface area contributed by atoms with Crippen molar-refractivity contribution in [1.82, 2.24) is 18.3 Å². The third kappa shape index (κ3) is 5.04. The summed E-state index contributed by atoms with van der Waals surface area (Å²) in [6.45, 7) is 8.48. The Hall–Kier alpha value is -8.84. The van der Waals surface area contributed by atoms with Crippen molar-refractivity contribution in [1.29, 1.82) is 10.5 Å². The highest BCUT2D eigenvalue weighted by atomic mass is 15.1. The van der Waals surface area contributed by atoms with Gasteiger partial charge in [0.15, 0.2) is 0 Å². The van der Waals surface area contributed by atoms with E-state index in [1.807, 2.05) is 0 Å². The lowest BCUT2D eigenvalue weighted by Crippen LogP contribution is -2.16. The minimum atomic E-state index is 0.446. The fourth-order valence-corrected chi connectivity index (χ4v) is 11.1. The van der Waals surface area contributed by atoms with Crippen molar-refractivity contribution in [2.24, 2.45) is 0 Å². The number of benzene rings is 9. The summed E-state index contributed by atoms with van der Waals surface area (Å²) in [6.07, 6.45) is 0. The molecule has 0 saturated heterocycles. The smallest absolute Gasteiger partial charge is 0.104 e. The van der Waals surface area contributed by atoms with Gasteiger partial charge in [0.2, 0.25) is 0 Å². The van der Waals surface area contributed by atoms with Crippen LogP contribution in [0.15, 0.2) is 170 Å².